The molecule has 1 aromatic rings. The van der Waals surface area contributed by atoms with Gasteiger partial charge in [-0.3, -0.25) is 9.59 Å². The number of rotatable bonds is 1. The van der Waals surface area contributed by atoms with E-state index < -0.39 is 0 Å². The molecule has 0 bridgehead atoms. The largest absolute Gasteiger partial charge is 0.356 e. The van der Waals surface area contributed by atoms with Crippen molar-refractivity contribution in [2.24, 2.45) is 12.5 Å². The maximum atomic E-state index is 12.4. The predicted octanol–water partition coefficient (Wildman–Crippen LogP) is 1.75. The van der Waals surface area contributed by atoms with E-state index in [1.54, 1.807) is 0 Å². The van der Waals surface area contributed by atoms with Gasteiger partial charge in [0.15, 0.2) is 0 Å². The van der Waals surface area contributed by atoms with Gasteiger partial charge >= 0.3 is 0 Å². The third kappa shape index (κ3) is 3.65. The van der Waals surface area contributed by atoms with Crippen LogP contribution in [-0.4, -0.2) is 52.4 Å². The number of carbonyl (C=O) groups excluding carboxylic acids is 2. The van der Waals surface area contributed by atoms with Gasteiger partial charge in [0.1, 0.15) is 0 Å². The Kier molecular flexibility index (Phi) is 4.40. The Balaban J connectivity index is 2.01. The van der Waals surface area contributed by atoms with E-state index in [9.17, 15) is 9.59 Å². The normalized spacial score (nSPS) is 16.8. The first-order valence-corrected chi connectivity index (χ1v) is 7.49. The molecule has 2 heterocycles. The second-order valence-electron chi connectivity index (χ2n) is 6.75. The minimum absolute atomic E-state index is 0.0562. The van der Waals surface area contributed by atoms with Crippen molar-refractivity contribution >= 4 is 11.8 Å². The van der Waals surface area contributed by atoms with Gasteiger partial charge in [0.05, 0.1) is 5.56 Å². The molecular weight excluding hydrogens is 266 g/mol. The van der Waals surface area contributed by atoms with Gasteiger partial charge in [-0.15, -0.1) is 0 Å². The quantitative estimate of drug-likeness (QED) is 0.791. The summed E-state index contributed by atoms with van der Waals surface area (Å²) in [4.78, 5) is 28.5. The van der Waals surface area contributed by atoms with Crippen LogP contribution >= 0.6 is 0 Å². The van der Waals surface area contributed by atoms with Gasteiger partial charge in [-0.1, -0.05) is 20.8 Å². The summed E-state index contributed by atoms with van der Waals surface area (Å²) in [6.07, 6.45) is 4.55. The molecule has 5 nitrogen and oxygen atoms in total. The first-order chi connectivity index (χ1) is 9.79. The third-order valence-electron chi connectivity index (χ3n) is 3.79. The van der Waals surface area contributed by atoms with Gasteiger partial charge < -0.3 is 14.4 Å². The van der Waals surface area contributed by atoms with E-state index >= 15 is 0 Å². The summed E-state index contributed by atoms with van der Waals surface area (Å²) in [5, 5.41) is 0. The summed E-state index contributed by atoms with van der Waals surface area (Å²) in [6, 6.07) is 1.84. The van der Waals surface area contributed by atoms with E-state index in [-0.39, 0.29) is 17.2 Å². The second-order valence-corrected chi connectivity index (χ2v) is 6.75. The number of carbonyl (C=O) groups is 2. The van der Waals surface area contributed by atoms with Crippen LogP contribution in [0, 0.1) is 5.41 Å². The molecule has 0 N–H and O–H groups in total. The van der Waals surface area contributed by atoms with Crippen LogP contribution in [0.15, 0.2) is 18.5 Å². The highest BCUT2D eigenvalue weighted by Gasteiger charge is 2.29. The molecule has 0 saturated carbocycles. The molecule has 5 heteroatoms. The number of hydrogen-bond acceptors (Lipinski definition) is 2. The molecule has 2 rings (SSSR count). The fraction of sp³-hybridized carbons (Fsp3) is 0.625. The zero-order valence-corrected chi connectivity index (χ0v) is 13.4. The topological polar surface area (TPSA) is 45.6 Å². The Morgan fingerprint density at radius 2 is 1.67 bits per heavy atom. The van der Waals surface area contributed by atoms with Crippen LogP contribution in [0.1, 0.15) is 37.6 Å². The first-order valence-electron chi connectivity index (χ1n) is 7.49. The SMILES string of the molecule is Cn1ccc(C(=O)N2CCCN(C(=O)C(C)(C)C)CC2)c1. The van der Waals surface area contributed by atoms with Gasteiger partial charge in [-0.25, -0.2) is 0 Å². The van der Waals surface area contributed by atoms with Crippen molar-refractivity contribution in [3.05, 3.63) is 24.0 Å². The van der Waals surface area contributed by atoms with Crippen LogP contribution in [0.2, 0.25) is 0 Å². The van der Waals surface area contributed by atoms with Gasteiger partial charge in [0.25, 0.3) is 5.91 Å². The summed E-state index contributed by atoms with van der Waals surface area (Å²) in [5.74, 6) is 0.220. The lowest BCUT2D eigenvalue weighted by Crippen LogP contribution is -2.42. The van der Waals surface area contributed by atoms with Gasteiger partial charge in [-0.2, -0.15) is 0 Å². The number of aromatic nitrogens is 1. The van der Waals surface area contributed by atoms with Gasteiger partial charge in [0, 0.05) is 51.0 Å². The average molecular weight is 291 g/mol. The zero-order valence-electron chi connectivity index (χ0n) is 13.4. The van der Waals surface area contributed by atoms with Crippen LogP contribution in [0.4, 0.5) is 0 Å². The molecule has 0 unspecified atom stereocenters. The van der Waals surface area contributed by atoms with Crippen molar-refractivity contribution in [3.8, 4) is 0 Å². The lowest BCUT2D eigenvalue weighted by Gasteiger charge is -2.28. The second kappa shape index (κ2) is 5.92. The van der Waals surface area contributed by atoms with E-state index in [2.05, 4.69) is 0 Å². The van der Waals surface area contributed by atoms with E-state index in [0.717, 1.165) is 13.0 Å². The van der Waals surface area contributed by atoms with Gasteiger partial charge in [-0.05, 0) is 12.5 Å². The molecule has 116 valence electrons. The molecule has 1 fully saturated rings. The zero-order chi connectivity index (χ0) is 15.6. The van der Waals surface area contributed by atoms with E-state index in [1.165, 1.54) is 0 Å². The van der Waals surface area contributed by atoms with Crippen LogP contribution in [0.3, 0.4) is 0 Å². The Labute approximate surface area is 126 Å². The summed E-state index contributed by atoms with van der Waals surface area (Å²) in [6.45, 7) is 8.48. The molecule has 0 atom stereocenters. The molecule has 21 heavy (non-hydrogen) atoms. The fourth-order valence-corrected chi connectivity index (χ4v) is 2.61. The monoisotopic (exact) mass is 291 g/mol. The highest BCUT2D eigenvalue weighted by molar-refractivity contribution is 5.94. The molecule has 2 amide bonds. The molecule has 1 aromatic heterocycles. The van der Waals surface area contributed by atoms with E-state index in [4.69, 9.17) is 0 Å². The van der Waals surface area contributed by atoms with Crippen molar-refractivity contribution in [2.45, 2.75) is 27.2 Å². The highest BCUT2D eigenvalue weighted by atomic mass is 16.2. The smallest absolute Gasteiger partial charge is 0.255 e. The van der Waals surface area contributed by atoms with Crippen molar-refractivity contribution in [1.82, 2.24) is 14.4 Å². The molecule has 0 aliphatic carbocycles. The first kappa shape index (κ1) is 15.6. The van der Waals surface area contributed by atoms with E-state index in [0.29, 0.717) is 25.2 Å². The molecule has 1 saturated heterocycles. The summed E-state index contributed by atoms with van der Waals surface area (Å²) in [7, 11) is 1.91. The number of nitrogens with zero attached hydrogens (tertiary/aromatic N) is 3. The fourth-order valence-electron chi connectivity index (χ4n) is 2.61. The van der Waals surface area contributed by atoms with Crippen LogP contribution in [0.5, 0.6) is 0 Å². The minimum atomic E-state index is -0.362. The van der Waals surface area contributed by atoms with Crippen molar-refractivity contribution in [3.63, 3.8) is 0 Å². The van der Waals surface area contributed by atoms with Crippen molar-refractivity contribution < 1.29 is 9.59 Å². The Bertz CT molecular complexity index is 528. The summed E-state index contributed by atoms with van der Waals surface area (Å²) >= 11 is 0. The van der Waals surface area contributed by atoms with Crippen molar-refractivity contribution in [2.75, 3.05) is 26.2 Å². The summed E-state index contributed by atoms with van der Waals surface area (Å²) in [5.41, 5.74) is 0.353. The molecule has 1 aliphatic heterocycles. The lowest BCUT2D eigenvalue weighted by atomic mass is 9.94. The molecule has 1 aliphatic rings. The number of aryl methyl sites for hydroxylation is 1. The van der Waals surface area contributed by atoms with E-state index in [1.807, 2.05) is 60.6 Å². The Morgan fingerprint density at radius 1 is 1.05 bits per heavy atom. The average Bonchev–Trinajstić information content (AvgIpc) is 2.71. The van der Waals surface area contributed by atoms with Crippen LogP contribution in [-0.2, 0) is 11.8 Å². The number of hydrogen-bond donors (Lipinski definition) is 0. The summed E-state index contributed by atoms with van der Waals surface area (Å²) < 4.78 is 1.88. The lowest BCUT2D eigenvalue weighted by molar-refractivity contribution is -0.139. The maximum absolute atomic E-state index is 12.4. The Morgan fingerprint density at radius 3 is 2.24 bits per heavy atom. The minimum Gasteiger partial charge on any atom is -0.356 e. The van der Waals surface area contributed by atoms with Crippen LogP contribution in [0.25, 0.3) is 0 Å². The molecule has 0 radical (unpaired) electrons. The standard InChI is InChI=1S/C16H25N3O2/c1-16(2,3)15(21)19-8-5-7-18(10-11-19)14(20)13-6-9-17(4)12-13/h6,9,12H,5,7-8,10-11H2,1-4H3. The number of amides is 2. The third-order valence-corrected chi connectivity index (χ3v) is 3.79. The predicted molar refractivity (Wildman–Crippen MR) is 82.0 cm³/mol. The maximum Gasteiger partial charge on any atom is 0.255 e. The Hall–Kier alpha value is -1.78. The molecular formula is C16H25N3O2. The molecule has 0 spiro atoms. The van der Waals surface area contributed by atoms with Crippen molar-refractivity contribution in [1.29, 1.82) is 0 Å². The highest BCUT2D eigenvalue weighted by Crippen LogP contribution is 2.19. The van der Waals surface area contributed by atoms with Gasteiger partial charge in [0.2, 0.25) is 5.91 Å². The molecule has 0 aromatic carbocycles. The van der Waals surface area contributed by atoms with Crippen LogP contribution < -0.4 is 0 Å².